The van der Waals surface area contributed by atoms with E-state index < -0.39 is 17.8 Å². The lowest BCUT2D eigenvalue weighted by Crippen LogP contribution is -2.40. The zero-order valence-corrected chi connectivity index (χ0v) is 28.6. The number of carbonyl (C=O) groups excluding carboxylic acids is 1. The average Bonchev–Trinajstić information content (AvgIpc) is 3.33. The number of rotatable bonds is 10. The SMILES string of the molecule is CCOC(=O)C1=C(C)N=c2s/c(=C\c3cc(Cl)c(OCc4ccccc4F)c(OC)c3)c(=O)n2[C@H]1c1cc(OC)c(OC)cc1Br. The van der Waals surface area contributed by atoms with Crippen LogP contribution >= 0.6 is 38.9 Å². The highest BCUT2D eigenvalue weighted by atomic mass is 79.9. The fourth-order valence-electron chi connectivity index (χ4n) is 5.05. The van der Waals surface area contributed by atoms with Crippen molar-refractivity contribution in [2.24, 2.45) is 4.99 Å². The molecule has 0 N–H and O–H groups in total. The van der Waals surface area contributed by atoms with Gasteiger partial charge in [-0.3, -0.25) is 9.36 Å². The maximum atomic E-state index is 14.1. The highest BCUT2D eigenvalue weighted by molar-refractivity contribution is 9.10. The summed E-state index contributed by atoms with van der Waals surface area (Å²) in [5.74, 6) is 0.432. The Balaban J connectivity index is 1.63. The maximum Gasteiger partial charge on any atom is 0.338 e. The standard InChI is InChI=1S/C33H29BrClFN2O7S/c1-6-44-32(40)28-17(2)37-33-38(29(28)20-14-24(41-3)25(42-4)15-21(20)34)31(39)27(46-33)13-18-11-22(35)30(26(12-18)43-5)45-16-19-9-7-8-10-23(19)36/h7-15,29H,6,16H2,1-5H3/b27-13-/t29-/m0/s1. The van der Waals surface area contributed by atoms with E-state index in [1.54, 1.807) is 62.4 Å². The minimum Gasteiger partial charge on any atom is -0.493 e. The predicted octanol–water partition coefficient (Wildman–Crippen LogP) is 5.96. The van der Waals surface area contributed by atoms with Gasteiger partial charge in [0.2, 0.25) is 0 Å². The molecule has 4 aromatic rings. The summed E-state index contributed by atoms with van der Waals surface area (Å²) in [6.45, 7) is 3.49. The lowest BCUT2D eigenvalue weighted by atomic mass is 9.95. The highest BCUT2D eigenvalue weighted by Gasteiger charge is 2.35. The van der Waals surface area contributed by atoms with Crippen molar-refractivity contribution in [3.63, 3.8) is 0 Å². The minimum absolute atomic E-state index is 0.0610. The molecule has 9 nitrogen and oxygen atoms in total. The van der Waals surface area contributed by atoms with Crippen LogP contribution in [-0.2, 0) is 16.1 Å². The first kappa shape index (κ1) is 33.2. The Hall–Kier alpha value is -4.13. The van der Waals surface area contributed by atoms with Crippen molar-refractivity contribution in [3.8, 4) is 23.0 Å². The van der Waals surface area contributed by atoms with E-state index in [1.807, 2.05) is 0 Å². The zero-order chi connectivity index (χ0) is 33.1. The van der Waals surface area contributed by atoms with Gasteiger partial charge in [-0.25, -0.2) is 14.2 Å². The number of thiazole rings is 1. The Morgan fingerprint density at radius 1 is 1.09 bits per heavy atom. The predicted molar refractivity (Wildman–Crippen MR) is 176 cm³/mol. The average molecular weight is 732 g/mol. The van der Waals surface area contributed by atoms with Gasteiger partial charge in [0, 0.05) is 10.0 Å². The second-order valence-corrected chi connectivity index (χ2v) is 12.2. The molecule has 0 aliphatic carbocycles. The second kappa shape index (κ2) is 14.1. The molecule has 240 valence electrons. The Morgan fingerprint density at radius 3 is 2.46 bits per heavy atom. The zero-order valence-electron chi connectivity index (χ0n) is 25.5. The number of hydrogen-bond donors (Lipinski definition) is 0. The third-order valence-electron chi connectivity index (χ3n) is 7.19. The molecule has 0 bridgehead atoms. The number of carbonyl (C=O) groups is 1. The first-order valence-corrected chi connectivity index (χ1v) is 15.9. The second-order valence-electron chi connectivity index (χ2n) is 9.95. The molecule has 1 aliphatic heterocycles. The molecule has 5 rings (SSSR count). The molecule has 13 heteroatoms. The molecule has 0 saturated heterocycles. The van der Waals surface area contributed by atoms with Gasteiger partial charge in [-0.05, 0) is 61.4 Å². The smallest absolute Gasteiger partial charge is 0.338 e. The molecule has 46 heavy (non-hydrogen) atoms. The monoisotopic (exact) mass is 730 g/mol. The van der Waals surface area contributed by atoms with E-state index >= 15 is 0 Å². The molecule has 2 heterocycles. The number of fused-ring (bicyclic) bond motifs is 1. The lowest BCUT2D eigenvalue weighted by molar-refractivity contribution is -0.139. The van der Waals surface area contributed by atoms with E-state index in [9.17, 15) is 14.0 Å². The summed E-state index contributed by atoms with van der Waals surface area (Å²) in [5, 5.41) is 0.210. The Kier molecular flexibility index (Phi) is 10.2. The summed E-state index contributed by atoms with van der Waals surface area (Å²) < 4.78 is 44.3. The van der Waals surface area contributed by atoms with Crippen molar-refractivity contribution in [2.75, 3.05) is 27.9 Å². The summed E-state index contributed by atoms with van der Waals surface area (Å²) in [4.78, 5) is 32.5. The number of halogens is 3. The molecule has 1 atom stereocenters. The van der Waals surface area contributed by atoms with Gasteiger partial charge in [0.15, 0.2) is 27.8 Å². The number of benzene rings is 3. The van der Waals surface area contributed by atoms with Crippen LogP contribution in [0.5, 0.6) is 23.0 Å². The molecule has 1 aliphatic rings. The van der Waals surface area contributed by atoms with Crippen LogP contribution < -0.4 is 33.8 Å². The first-order valence-electron chi connectivity index (χ1n) is 14.0. The normalized spacial score (nSPS) is 14.4. The van der Waals surface area contributed by atoms with Gasteiger partial charge >= 0.3 is 5.97 Å². The first-order chi connectivity index (χ1) is 22.1. The third-order valence-corrected chi connectivity index (χ3v) is 9.14. The van der Waals surface area contributed by atoms with Crippen LogP contribution in [0.4, 0.5) is 4.39 Å². The van der Waals surface area contributed by atoms with Crippen LogP contribution in [0.3, 0.4) is 0 Å². The van der Waals surface area contributed by atoms with Crippen LogP contribution in [0.25, 0.3) is 6.08 Å². The number of allylic oxidation sites excluding steroid dienone is 1. The van der Waals surface area contributed by atoms with Gasteiger partial charge in [0.1, 0.15) is 12.4 Å². The number of ether oxygens (including phenoxy) is 5. The highest BCUT2D eigenvalue weighted by Crippen LogP contribution is 2.41. The number of esters is 1. The van der Waals surface area contributed by atoms with Gasteiger partial charge in [-0.1, -0.05) is 57.1 Å². The molecular formula is C33H29BrClFN2O7S. The summed E-state index contributed by atoms with van der Waals surface area (Å²) >= 11 is 11.4. The van der Waals surface area contributed by atoms with Crippen molar-refractivity contribution >= 4 is 50.9 Å². The summed E-state index contributed by atoms with van der Waals surface area (Å²) in [7, 11) is 4.48. The molecule has 1 aromatic heterocycles. The van der Waals surface area contributed by atoms with Crippen molar-refractivity contribution < 1.29 is 32.9 Å². The van der Waals surface area contributed by atoms with E-state index in [2.05, 4.69) is 20.9 Å². The minimum atomic E-state index is -0.890. The Bertz CT molecular complexity index is 2040. The van der Waals surface area contributed by atoms with Crippen molar-refractivity contribution in [1.82, 2.24) is 4.57 Å². The molecule has 0 saturated carbocycles. The number of nitrogens with zero attached hydrogens (tertiary/aromatic N) is 2. The van der Waals surface area contributed by atoms with E-state index in [-0.39, 0.29) is 35.1 Å². The van der Waals surface area contributed by atoms with Gasteiger partial charge in [0.05, 0.1) is 54.8 Å². The number of aromatic nitrogens is 1. The van der Waals surface area contributed by atoms with Gasteiger partial charge in [0.25, 0.3) is 5.56 Å². The van der Waals surface area contributed by atoms with Crippen molar-refractivity contribution in [1.29, 1.82) is 0 Å². The Labute approximate surface area is 281 Å². The summed E-state index contributed by atoms with van der Waals surface area (Å²) in [5.41, 5.74) is 1.73. The summed E-state index contributed by atoms with van der Waals surface area (Å²) in [6, 6.07) is 12.1. The van der Waals surface area contributed by atoms with Crippen LogP contribution in [0.2, 0.25) is 5.02 Å². The Morgan fingerprint density at radius 2 is 1.78 bits per heavy atom. The van der Waals surface area contributed by atoms with Crippen LogP contribution in [0.15, 0.2) is 74.1 Å². The molecule has 0 unspecified atom stereocenters. The quantitative estimate of drug-likeness (QED) is 0.186. The van der Waals surface area contributed by atoms with E-state index in [4.69, 9.17) is 35.3 Å². The lowest BCUT2D eigenvalue weighted by Gasteiger charge is -2.26. The number of hydrogen-bond acceptors (Lipinski definition) is 9. The third kappa shape index (κ3) is 6.42. The van der Waals surface area contributed by atoms with E-state index in [0.29, 0.717) is 53.4 Å². The summed E-state index contributed by atoms with van der Waals surface area (Å²) in [6.07, 6.45) is 1.66. The van der Waals surface area contributed by atoms with E-state index in [1.165, 1.54) is 32.0 Å². The van der Waals surface area contributed by atoms with E-state index in [0.717, 1.165) is 11.3 Å². The van der Waals surface area contributed by atoms with Gasteiger partial charge in [-0.2, -0.15) is 0 Å². The fraction of sp³-hybridized carbons (Fsp3) is 0.242. The molecular weight excluding hydrogens is 703 g/mol. The maximum absolute atomic E-state index is 14.1. The van der Waals surface area contributed by atoms with Gasteiger partial charge < -0.3 is 23.7 Å². The fourth-order valence-corrected chi connectivity index (χ4v) is 6.90. The van der Waals surface area contributed by atoms with Crippen LogP contribution in [0, 0.1) is 5.82 Å². The largest absolute Gasteiger partial charge is 0.493 e. The number of methoxy groups -OCH3 is 3. The topological polar surface area (TPSA) is 97.6 Å². The molecule has 0 radical (unpaired) electrons. The van der Waals surface area contributed by atoms with Crippen LogP contribution in [-0.4, -0.2) is 38.5 Å². The molecule has 3 aromatic carbocycles. The van der Waals surface area contributed by atoms with Crippen LogP contribution in [0.1, 0.15) is 36.6 Å². The molecule has 0 amide bonds. The molecule has 0 fully saturated rings. The van der Waals surface area contributed by atoms with Crippen molar-refractivity contribution in [2.45, 2.75) is 26.5 Å². The molecule has 0 spiro atoms. The van der Waals surface area contributed by atoms with Crippen molar-refractivity contribution in [3.05, 3.63) is 111 Å². The van der Waals surface area contributed by atoms with Gasteiger partial charge in [-0.15, -0.1) is 0 Å².